The van der Waals surface area contributed by atoms with Gasteiger partial charge in [0.15, 0.2) is 0 Å². The third-order valence-corrected chi connectivity index (χ3v) is 2.10. The Labute approximate surface area is 97.4 Å². The normalized spacial score (nSPS) is 11.9. The fourth-order valence-corrected chi connectivity index (χ4v) is 1.40. The van der Waals surface area contributed by atoms with Gasteiger partial charge in [0, 0.05) is 30.3 Å². The lowest BCUT2D eigenvalue weighted by molar-refractivity contribution is -0.141. The van der Waals surface area contributed by atoms with Gasteiger partial charge < -0.3 is 10.4 Å². The zero-order chi connectivity index (χ0) is 12.1. The molecule has 1 atom stereocenters. The number of aromatic nitrogens is 1. The van der Waals surface area contributed by atoms with Gasteiger partial charge in [0.05, 0.1) is 0 Å². The average molecular weight is 243 g/mol. The van der Waals surface area contributed by atoms with Crippen LogP contribution in [0.1, 0.15) is 12.6 Å². The number of carbonyl (C=O) groups is 2. The summed E-state index contributed by atoms with van der Waals surface area (Å²) < 4.78 is 0. The molecule has 0 saturated heterocycles. The van der Waals surface area contributed by atoms with E-state index in [1.807, 2.05) is 0 Å². The summed E-state index contributed by atoms with van der Waals surface area (Å²) in [5.74, 6) is -1.49. The minimum atomic E-state index is -1.10. The van der Waals surface area contributed by atoms with Crippen molar-refractivity contribution in [2.24, 2.45) is 0 Å². The highest BCUT2D eigenvalue weighted by Gasteiger charge is 2.19. The molecule has 0 bridgehead atoms. The largest absolute Gasteiger partial charge is 0.480 e. The van der Waals surface area contributed by atoms with Gasteiger partial charge in [-0.3, -0.25) is 9.78 Å². The Morgan fingerprint density at radius 3 is 2.81 bits per heavy atom. The van der Waals surface area contributed by atoms with Gasteiger partial charge in [-0.05, 0) is 12.1 Å². The molecule has 0 aromatic carbocycles. The summed E-state index contributed by atoms with van der Waals surface area (Å²) in [5.41, 5.74) is 0.522. The number of hydrogen-bond donors (Lipinski definition) is 2. The number of carboxylic acid groups (broad SMARTS) is 1. The van der Waals surface area contributed by atoms with Gasteiger partial charge in [-0.25, -0.2) is 4.79 Å². The molecule has 0 saturated carbocycles. The zero-order valence-electron chi connectivity index (χ0n) is 8.61. The third-order valence-electron chi connectivity index (χ3n) is 1.87. The summed E-state index contributed by atoms with van der Waals surface area (Å²) >= 11 is 5.74. The highest BCUT2D eigenvalue weighted by atomic mass is 35.5. The summed E-state index contributed by atoms with van der Waals surface area (Å²) in [6.07, 6.45) is 1.60. The van der Waals surface area contributed by atoms with Gasteiger partial charge in [0.1, 0.15) is 6.04 Å². The van der Waals surface area contributed by atoms with Crippen LogP contribution in [0.25, 0.3) is 0 Å². The molecule has 0 aliphatic heterocycles. The lowest BCUT2D eigenvalue weighted by Gasteiger charge is -2.12. The van der Waals surface area contributed by atoms with E-state index in [1.165, 1.54) is 13.1 Å². The Morgan fingerprint density at radius 1 is 1.62 bits per heavy atom. The number of nitrogens with zero attached hydrogens (tertiary/aromatic N) is 1. The number of nitrogens with one attached hydrogen (secondary N) is 1. The fraction of sp³-hybridized carbons (Fsp3) is 0.300. The lowest BCUT2D eigenvalue weighted by atomic mass is 10.1. The van der Waals surface area contributed by atoms with Crippen LogP contribution in [0.3, 0.4) is 0 Å². The molecular weight excluding hydrogens is 232 g/mol. The maximum Gasteiger partial charge on any atom is 0.326 e. The fourth-order valence-electron chi connectivity index (χ4n) is 1.21. The maximum atomic E-state index is 10.8. The third kappa shape index (κ3) is 3.86. The Bertz CT molecular complexity index is 409. The molecule has 0 aliphatic carbocycles. The maximum absolute atomic E-state index is 10.8. The lowest BCUT2D eigenvalue weighted by Crippen LogP contribution is -2.41. The Kier molecular flexibility index (Phi) is 4.25. The first-order valence-corrected chi connectivity index (χ1v) is 4.97. The molecule has 0 radical (unpaired) electrons. The molecule has 1 heterocycles. The molecule has 1 amide bonds. The molecule has 6 heteroatoms. The monoisotopic (exact) mass is 242 g/mol. The van der Waals surface area contributed by atoms with Gasteiger partial charge >= 0.3 is 5.97 Å². The molecule has 86 valence electrons. The molecular formula is C10H11ClN2O3. The summed E-state index contributed by atoms with van der Waals surface area (Å²) in [4.78, 5) is 25.6. The SMILES string of the molecule is CC(=O)NC(Cc1cc(Cl)ccn1)C(=O)O. The predicted octanol–water partition coefficient (Wildman–Crippen LogP) is 0.867. The molecule has 2 N–H and O–H groups in total. The van der Waals surface area contributed by atoms with Gasteiger partial charge in [-0.1, -0.05) is 11.6 Å². The second-order valence-corrected chi connectivity index (χ2v) is 3.70. The van der Waals surface area contributed by atoms with Crippen molar-refractivity contribution in [2.45, 2.75) is 19.4 Å². The summed E-state index contributed by atoms with van der Waals surface area (Å²) in [7, 11) is 0. The van der Waals surface area contributed by atoms with Crippen molar-refractivity contribution < 1.29 is 14.7 Å². The van der Waals surface area contributed by atoms with Crippen LogP contribution in [0.2, 0.25) is 5.02 Å². The van der Waals surface area contributed by atoms with E-state index in [2.05, 4.69) is 10.3 Å². The van der Waals surface area contributed by atoms with E-state index in [-0.39, 0.29) is 6.42 Å². The number of rotatable bonds is 4. The molecule has 1 aromatic rings. The quantitative estimate of drug-likeness (QED) is 0.821. The van der Waals surface area contributed by atoms with Crippen LogP contribution in [0, 0.1) is 0 Å². The van der Waals surface area contributed by atoms with Crippen molar-refractivity contribution >= 4 is 23.5 Å². The van der Waals surface area contributed by atoms with E-state index >= 15 is 0 Å². The Morgan fingerprint density at radius 2 is 2.31 bits per heavy atom. The van der Waals surface area contributed by atoms with Crippen LogP contribution in [0.5, 0.6) is 0 Å². The molecule has 5 nitrogen and oxygen atoms in total. The van der Waals surface area contributed by atoms with Crippen molar-refractivity contribution in [3.8, 4) is 0 Å². The number of carbonyl (C=O) groups excluding carboxylic acids is 1. The molecule has 1 rings (SSSR count). The van der Waals surface area contributed by atoms with Crippen molar-refractivity contribution in [3.05, 3.63) is 29.0 Å². The Hall–Kier alpha value is -1.62. The Balaban J connectivity index is 2.75. The number of hydrogen-bond acceptors (Lipinski definition) is 3. The van der Waals surface area contributed by atoms with Gasteiger partial charge in [0.2, 0.25) is 5.91 Å². The number of aliphatic carboxylic acids is 1. The van der Waals surface area contributed by atoms with Gasteiger partial charge in [-0.2, -0.15) is 0 Å². The van der Waals surface area contributed by atoms with Crippen molar-refractivity contribution in [1.29, 1.82) is 0 Å². The molecule has 0 aliphatic rings. The standard InChI is InChI=1S/C10H11ClN2O3/c1-6(14)13-9(10(15)16)5-8-4-7(11)2-3-12-8/h2-4,9H,5H2,1H3,(H,13,14)(H,15,16). The van der Waals surface area contributed by atoms with Crippen LogP contribution in [0.15, 0.2) is 18.3 Å². The summed E-state index contributed by atoms with van der Waals surface area (Å²) in [6, 6.07) is 2.18. The number of carboxylic acids is 1. The first kappa shape index (κ1) is 12.4. The van der Waals surface area contributed by atoms with Crippen LogP contribution in [0.4, 0.5) is 0 Å². The van der Waals surface area contributed by atoms with Crippen molar-refractivity contribution in [2.75, 3.05) is 0 Å². The molecule has 0 fully saturated rings. The highest BCUT2D eigenvalue weighted by Crippen LogP contribution is 2.09. The summed E-state index contributed by atoms with van der Waals surface area (Å²) in [6.45, 7) is 1.27. The van der Waals surface area contributed by atoms with Crippen LogP contribution in [-0.4, -0.2) is 28.0 Å². The summed E-state index contributed by atoms with van der Waals surface area (Å²) in [5, 5.41) is 11.7. The topological polar surface area (TPSA) is 79.3 Å². The predicted molar refractivity (Wildman–Crippen MR) is 58.2 cm³/mol. The molecule has 1 unspecified atom stereocenters. The van der Waals surface area contributed by atoms with Crippen LogP contribution < -0.4 is 5.32 Å². The number of pyridine rings is 1. The molecule has 1 aromatic heterocycles. The minimum absolute atomic E-state index is 0.107. The van der Waals surface area contributed by atoms with E-state index in [1.54, 1.807) is 12.1 Å². The van der Waals surface area contributed by atoms with Crippen molar-refractivity contribution in [1.82, 2.24) is 10.3 Å². The van der Waals surface area contributed by atoms with Gasteiger partial charge in [0.25, 0.3) is 0 Å². The van der Waals surface area contributed by atoms with Gasteiger partial charge in [-0.15, -0.1) is 0 Å². The average Bonchev–Trinajstić information content (AvgIpc) is 2.15. The highest BCUT2D eigenvalue weighted by molar-refractivity contribution is 6.30. The van der Waals surface area contributed by atoms with Crippen LogP contribution >= 0.6 is 11.6 Å². The van der Waals surface area contributed by atoms with Crippen LogP contribution in [-0.2, 0) is 16.0 Å². The van der Waals surface area contributed by atoms with E-state index in [4.69, 9.17) is 16.7 Å². The number of halogens is 1. The first-order chi connectivity index (χ1) is 7.49. The minimum Gasteiger partial charge on any atom is -0.480 e. The van der Waals surface area contributed by atoms with Crippen molar-refractivity contribution in [3.63, 3.8) is 0 Å². The van der Waals surface area contributed by atoms with E-state index < -0.39 is 17.9 Å². The smallest absolute Gasteiger partial charge is 0.326 e. The first-order valence-electron chi connectivity index (χ1n) is 4.59. The number of amides is 1. The second kappa shape index (κ2) is 5.46. The molecule has 0 spiro atoms. The van der Waals surface area contributed by atoms with E-state index in [9.17, 15) is 9.59 Å². The van der Waals surface area contributed by atoms with E-state index in [0.29, 0.717) is 10.7 Å². The zero-order valence-corrected chi connectivity index (χ0v) is 9.36. The molecule has 16 heavy (non-hydrogen) atoms. The van der Waals surface area contributed by atoms with E-state index in [0.717, 1.165) is 0 Å². The second-order valence-electron chi connectivity index (χ2n) is 3.26.